The van der Waals surface area contributed by atoms with E-state index in [2.05, 4.69) is 19.2 Å². The largest absolute Gasteiger partial charge is 0.383 e. The van der Waals surface area contributed by atoms with E-state index < -0.39 is 4.92 Å². The molecule has 1 aliphatic heterocycles. The van der Waals surface area contributed by atoms with Crippen LogP contribution in [0.2, 0.25) is 0 Å². The molecule has 1 fully saturated rings. The number of hydrogen-bond acceptors (Lipinski definition) is 4. The molecule has 0 bridgehead atoms. The number of nitrogens with one attached hydrogen (secondary N) is 1. The third kappa shape index (κ3) is 2.99. The highest BCUT2D eigenvalue weighted by Crippen LogP contribution is 2.28. The molecule has 6 nitrogen and oxygen atoms in total. The fourth-order valence-electron chi connectivity index (χ4n) is 2.82. The van der Waals surface area contributed by atoms with Crippen LogP contribution in [0.3, 0.4) is 0 Å². The van der Waals surface area contributed by atoms with Gasteiger partial charge in [-0.2, -0.15) is 0 Å². The highest BCUT2D eigenvalue weighted by atomic mass is 16.6. The Bertz CT molecular complexity index is 559. The molecule has 6 heteroatoms. The second-order valence-electron chi connectivity index (χ2n) is 5.60. The minimum atomic E-state index is -0.453. The molecule has 1 amide bonds. The maximum atomic E-state index is 12.6. The van der Waals surface area contributed by atoms with Crippen LogP contribution in [0, 0.1) is 16.0 Å². The molecule has 1 N–H and O–H groups in total. The summed E-state index contributed by atoms with van der Waals surface area (Å²) in [6.07, 6.45) is 2.14. The van der Waals surface area contributed by atoms with Gasteiger partial charge in [0.15, 0.2) is 0 Å². The van der Waals surface area contributed by atoms with Gasteiger partial charge in [0.1, 0.15) is 5.69 Å². The normalized spacial score (nSPS) is 22.0. The third-order valence-corrected chi connectivity index (χ3v) is 4.34. The van der Waals surface area contributed by atoms with Crippen LogP contribution in [-0.4, -0.2) is 35.4 Å². The van der Waals surface area contributed by atoms with Gasteiger partial charge in [0.05, 0.1) is 4.92 Å². The standard InChI is InChI=1S/C15H21N3O3/c1-10-5-4-8-17(11(10)2)15(19)12-6-7-14(18(20)21)13(9-12)16-3/h6-7,9-11,16H,4-5,8H2,1-3H3. The van der Waals surface area contributed by atoms with E-state index in [0.717, 1.165) is 19.4 Å². The zero-order valence-electron chi connectivity index (χ0n) is 12.6. The smallest absolute Gasteiger partial charge is 0.292 e. The van der Waals surface area contributed by atoms with E-state index in [4.69, 9.17) is 0 Å². The summed E-state index contributed by atoms with van der Waals surface area (Å²) < 4.78 is 0. The summed E-state index contributed by atoms with van der Waals surface area (Å²) in [6.45, 7) is 4.96. The molecule has 1 aromatic carbocycles. The van der Waals surface area contributed by atoms with Gasteiger partial charge in [0, 0.05) is 31.3 Å². The minimum Gasteiger partial charge on any atom is -0.383 e. The van der Waals surface area contributed by atoms with Gasteiger partial charge >= 0.3 is 0 Å². The van der Waals surface area contributed by atoms with Gasteiger partial charge in [0.25, 0.3) is 11.6 Å². The van der Waals surface area contributed by atoms with E-state index in [9.17, 15) is 14.9 Å². The Hall–Kier alpha value is -2.11. The van der Waals surface area contributed by atoms with Gasteiger partial charge in [0.2, 0.25) is 0 Å². The molecular weight excluding hydrogens is 270 g/mol. The number of carbonyl (C=O) groups excluding carboxylic acids is 1. The zero-order valence-corrected chi connectivity index (χ0v) is 12.6. The highest BCUT2D eigenvalue weighted by molar-refractivity contribution is 5.96. The molecule has 2 atom stereocenters. The summed E-state index contributed by atoms with van der Waals surface area (Å²) in [5.41, 5.74) is 0.837. The summed E-state index contributed by atoms with van der Waals surface area (Å²) in [6, 6.07) is 4.68. The van der Waals surface area contributed by atoms with Crippen molar-refractivity contribution in [3.63, 3.8) is 0 Å². The quantitative estimate of drug-likeness (QED) is 0.686. The molecule has 1 aromatic rings. The lowest BCUT2D eigenvalue weighted by Gasteiger charge is -2.38. The monoisotopic (exact) mass is 291 g/mol. The van der Waals surface area contributed by atoms with Gasteiger partial charge in [-0.15, -0.1) is 0 Å². The number of nitrogens with zero attached hydrogens (tertiary/aromatic N) is 2. The number of amides is 1. The van der Waals surface area contributed by atoms with E-state index in [0.29, 0.717) is 17.2 Å². The lowest BCUT2D eigenvalue weighted by Crippen LogP contribution is -2.46. The number of nitro benzene ring substituents is 1. The molecule has 2 unspecified atom stereocenters. The molecule has 1 heterocycles. The van der Waals surface area contributed by atoms with Crippen molar-refractivity contribution in [2.75, 3.05) is 18.9 Å². The lowest BCUT2D eigenvalue weighted by molar-refractivity contribution is -0.383. The molecule has 0 spiro atoms. The van der Waals surface area contributed by atoms with E-state index >= 15 is 0 Å². The molecule has 0 radical (unpaired) electrons. The predicted octanol–water partition coefficient (Wildman–Crippen LogP) is 2.90. The average Bonchev–Trinajstić information content (AvgIpc) is 2.48. The minimum absolute atomic E-state index is 0.0193. The van der Waals surface area contributed by atoms with Crippen molar-refractivity contribution in [2.45, 2.75) is 32.7 Å². The summed E-state index contributed by atoms with van der Waals surface area (Å²) >= 11 is 0. The maximum absolute atomic E-state index is 12.6. The van der Waals surface area contributed by atoms with Crippen LogP contribution in [0.15, 0.2) is 18.2 Å². The second kappa shape index (κ2) is 6.11. The van der Waals surface area contributed by atoms with Crippen molar-refractivity contribution in [1.82, 2.24) is 4.90 Å². The van der Waals surface area contributed by atoms with Gasteiger partial charge in [-0.3, -0.25) is 14.9 Å². The van der Waals surface area contributed by atoms with Crippen molar-refractivity contribution in [2.24, 2.45) is 5.92 Å². The first kappa shape index (κ1) is 15.3. The van der Waals surface area contributed by atoms with Gasteiger partial charge in [-0.1, -0.05) is 6.92 Å². The fourth-order valence-corrected chi connectivity index (χ4v) is 2.82. The zero-order chi connectivity index (χ0) is 15.6. The van der Waals surface area contributed by atoms with Crippen molar-refractivity contribution >= 4 is 17.3 Å². The second-order valence-corrected chi connectivity index (χ2v) is 5.60. The highest BCUT2D eigenvalue weighted by Gasteiger charge is 2.29. The number of likely N-dealkylation sites (tertiary alicyclic amines) is 1. The predicted molar refractivity (Wildman–Crippen MR) is 81.5 cm³/mol. The first-order valence-corrected chi connectivity index (χ1v) is 7.23. The summed E-state index contributed by atoms with van der Waals surface area (Å²) in [7, 11) is 1.61. The molecular formula is C15H21N3O3. The topological polar surface area (TPSA) is 75.5 Å². The molecule has 0 aliphatic carbocycles. The van der Waals surface area contributed by atoms with Crippen LogP contribution in [0.5, 0.6) is 0 Å². The average molecular weight is 291 g/mol. The number of nitro groups is 1. The molecule has 1 saturated heterocycles. The Balaban J connectivity index is 2.29. The van der Waals surface area contributed by atoms with Gasteiger partial charge in [-0.05, 0) is 37.8 Å². The van der Waals surface area contributed by atoms with Crippen LogP contribution in [-0.2, 0) is 0 Å². The van der Waals surface area contributed by atoms with Gasteiger partial charge < -0.3 is 10.2 Å². The number of anilines is 1. The molecule has 21 heavy (non-hydrogen) atoms. The number of hydrogen-bond donors (Lipinski definition) is 1. The Morgan fingerprint density at radius 1 is 1.43 bits per heavy atom. The first-order chi connectivity index (χ1) is 9.95. The number of piperidine rings is 1. The van der Waals surface area contributed by atoms with Crippen LogP contribution < -0.4 is 5.32 Å². The molecule has 0 saturated carbocycles. The van der Waals surface area contributed by atoms with Gasteiger partial charge in [-0.25, -0.2) is 0 Å². The third-order valence-electron chi connectivity index (χ3n) is 4.34. The summed E-state index contributed by atoms with van der Waals surface area (Å²) in [5, 5.41) is 13.7. The Labute approximate surface area is 124 Å². The van der Waals surface area contributed by atoms with Crippen molar-refractivity contribution in [3.05, 3.63) is 33.9 Å². The molecule has 2 rings (SSSR count). The van der Waals surface area contributed by atoms with E-state index in [1.54, 1.807) is 13.1 Å². The lowest BCUT2D eigenvalue weighted by atomic mass is 9.91. The van der Waals surface area contributed by atoms with E-state index in [-0.39, 0.29) is 17.6 Å². The number of rotatable bonds is 3. The van der Waals surface area contributed by atoms with Crippen molar-refractivity contribution in [3.8, 4) is 0 Å². The SMILES string of the molecule is CNc1cc(C(=O)N2CCCC(C)C2C)ccc1[N+](=O)[O-]. The molecule has 1 aliphatic rings. The molecule has 0 aromatic heterocycles. The van der Waals surface area contributed by atoms with Crippen molar-refractivity contribution in [1.29, 1.82) is 0 Å². The van der Waals surface area contributed by atoms with Crippen LogP contribution >= 0.6 is 0 Å². The van der Waals surface area contributed by atoms with Crippen LogP contribution in [0.25, 0.3) is 0 Å². The van der Waals surface area contributed by atoms with Crippen LogP contribution in [0.4, 0.5) is 11.4 Å². The number of carbonyl (C=O) groups is 1. The summed E-state index contributed by atoms with van der Waals surface area (Å²) in [4.78, 5) is 25.0. The van der Waals surface area contributed by atoms with E-state index in [1.165, 1.54) is 12.1 Å². The Kier molecular flexibility index (Phi) is 4.45. The first-order valence-electron chi connectivity index (χ1n) is 7.23. The van der Waals surface area contributed by atoms with Crippen molar-refractivity contribution < 1.29 is 9.72 Å². The van der Waals surface area contributed by atoms with Crippen LogP contribution in [0.1, 0.15) is 37.0 Å². The Morgan fingerprint density at radius 3 is 2.76 bits per heavy atom. The Morgan fingerprint density at radius 2 is 2.14 bits per heavy atom. The van der Waals surface area contributed by atoms with E-state index in [1.807, 2.05) is 4.90 Å². The number of benzene rings is 1. The summed E-state index contributed by atoms with van der Waals surface area (Å²) in [5.74, 6) is 0.421. The fraction of sp³-hybridized carbons (Fsp3) is 0.533. The molecule has 114 valence electrons. The maximum Gasteiger partial charge on any atom is 0.292 e.